The first-order chi connectivity index (χ1) is 13.2. The number of hydrogen-bond acceptors (Lipinski definition) is 7. The smallest absolute Gasteiger partial charge is 0.214 e. The van der Waals surface area contributed by atoms with Gasteiger partial charge in [0.05, 0.1) is 12.9 Å². The molecular weight excluding hydrogens is 386 g/mol. The Morgan fingerprint density at radius 1 is 1.15 bits per heavy atom. The second-order valence-electron chi connectivity index (χ2n) is 5.52. The van der Waals surface area contributed by atoms with E-state index < -0.39 is 0 Å². The minimum absolute atomic E-state index is 0.538. The van der Waals surface area contributed by atoms with Gasteiger partial charge >= 0.3 is 0 Å². The Bertz CT molecular complexity index is 1050. The molecule has 0 amide bonds. The molecule has 0 spiro atoms. The molecule has 0 unspecified atom stereocenters. The highest BCUT2D eigenvalue weighted by atomic mass is 35.5. The van der Waals surface area contributed by atoms with Crippen molar-refractivity contribution in [3.05, 3.63) is 65.4 Å². The van der Waals surface area contributed by atoms with Crippen LogP contribution in [0.5, 0.6) is 5.75 Å². The highest BCUT2D eigenvalue weighted by Crippen LogP contribution is 2.28. The maximum absolute atomic E-state index is 5.92. The van der Waals surface area contributed by atoms with Crippen LogP contribution in [0.3, 0.4) is 0 Å². The molecule has 0 saturated heterocycles. The topological polar surface area (TPSA) is 78.9 Å². The van der Waals surface area contributed by atoms with Gasteiger partial charge in [-0.15, -0.1) is 5.10 Å². The molecule has 0 aliphatic heterocycles. The molecule has 2 aromatic heterocycles. The lowest BCUT2D eigenvalue weighted by Crippen LogP contribution is -2.01. The first-order valence-electron chi connectivity index (χ1n) is 8.00. The van der Waals surface area contributed by atoms with Gasteiger partial charge in [-0.05, 0) is 34.7 Å². The molecule has 4 rings (SSSR count). The predicted octanol–water partition coefficient (Wildman–Crippen LogP) is 4.27. The number of methoxy groups -OCH3 is 1. The summed E-state index contributed by atoms with van der Waals surface area (Å²) in [6.07, 6.45) is 0. The Morgan fingerprint density at radius 2 is 1.96 bits per heavy atom. The van der Waals surface area contributed by atoms with Crippen LogP contribution in [-0.4, -0.2) is 32.5 Å². The summed E-state index contributed by atoms with van der Waals surface area (Å²) in [7, 11) is 1.61. The highest BCUT2D eigenvalue weighted by molar-refractivity contribution is 7.98. The molecule has 136 valence electrons. The van der Waals surface area contributed by atoms with Crippen LogP contribution in [0, 0.1) is 0 Å². The van der Waals surface area contributed by atoms with Crippen LogP contribution in [0.4, 0.5) is 0 Å². The van der Waals surface area contributed by atoms with Gasteiger partial charge in [0.25, 0.3) is 0 Å². The van der Waals surface area contributed by atoms with Crippen molar-refractivity contribution in [3.8, 4) is 22.7 Å². The zero-order valence-electron chi connectivity index (χ0n) is 14.2. The molecule has 0 aliphatic carbocycles. The molecule has 0 bridgehead atoms. The van der Waals surface area contributed by atoms with Crippen molar-refractivity contribution in [2.75, 3.05) is 7.11 Å². The molecular formula is C18H14ClN5O2S. The quantitative estimate of drug-likeness (QED) is 0.448. The summed E-state index contributed by atoms with van der Waals surface area (Å²) in [4.78, 5) is 0. The Labute approximate surface area is 164 Å². The van der Waals surface area contributed by atoms with E-state index >= 15 is 0 Å². The Morgan fingerprint density at radius 3 is 2.78 bits per heavy atom. The van der Waals surface area contributed by atoms with E-state index in [1.54, 1.807) is 11.8 Å². The summed E-state index contributed by atoms with van der Waals surface area (Å²) in [6.45, 7) is 0. The molecule has 27 heavy (non-hydrogen) atoms. The Balaban J connectivity index is 1.51. The van der Waals surface area contributed by atoms with Crippen molar-refractivity contribution in [2.45, 2.75) is 10.9 Å². The van der Waals surface area contributed by atoms with Crippen molar-refractivity contribution in [3.63, 3.8) is 0 Å². The van der Waals surface area contributed by atoms with E-state index in [1.807, 2.05) is 54.6 Å². The van der Waals surface area contributed by atoms with E-state index in [0.29, 0.717) is 21.7 Å². The average Bonchev–Trinajstić information content (AvgIpc) is 3.36. The van der Waals surface area contributed by atoms with E-state index in [0.717, 1.165) is 22.7 Å². The maximum atomic E-state index is 5.92. The second-order valence-corrected chi connectivity index (χ2v) is 6.90. The SMILES string of the molecule is COc1ccccc1-n1nnnc1SCc1cc(-c2ccc(Cl)cc2)no1. The van der Waals surface area contributed by atoms with E-state index in [4.69, 9.17) is 20.9 Å². The summed E-state index contributed by atoms with van der Waals surface area (Å²) in [5.74, 6) is 1.95. The van der Waals surface area contributed by atoms with Crippen LogP contribution >= 0.6 is 23.4 Å². The summed E-state index contributed by atoms with van der Waals surface area (Å²) in [6, 6.07) is 16.9. The number of halogens is 1. The third-order valence-corrected chi connectivity index (χ3v) is 4.99. The predicted molar refractivity (Wildman–Crippen MR) is 102 cm³/mol. The maximum Gasteiger partial charge on any atom is 0.214 e. The fourth-order valence-corrected chi connectivity index (χ4v) is 3.38. The second kappa shape index (κ2) is 7.81. The number of hydrogen-bond donors (Lipinski definition) is 0. The van der Waals surface area contributed by atoms with Crippen LogP contribution in [0.15, 0.2) is 64.3 Å². The van der Waals surface area contributed by atoms with Gasteiger partial charge < -0.3 is 9.26 Å². The summed E-state index contributed by atoms with van der Waals surface area (Å²) >= 11 is 7.37. The summed E-state index contributed by atoms with van der Waals surface area (Å²) in [5, 5.41) is 17.4. The number of benzene rings is 2. The first-order valence-corrected chi connectivity index (χ1v) is 9.37. The molecule has 2 aromatic carbocycles. The Kier molecular flexibility index (Phi) is 5.08. The van der Waals surface area contributed by atoms with Gasteiger partial charge in [-0.2, -0.15) is 4.68 Å². The van der Waals surface area contributed by atoms with Crippen LogP contribution in [-0.2, 0) is 5.75 Å². The first kappa shape index (κ1) is 17.6. The minimum Gasteiger partial charge on any atom is -0.494 e. The fraction of sp³-hybridized carbons (Fsp3) is 0.111. The Hall–Kier alpha value is -2.84. The molecule has 9 heteroatoms. The van der Waals surface area contributed by atoms with E-state index in [2.05, 4.69) is 20.7 Å². The molecule has 0 saturated carbocycles. The van der Waals surface area contributed by atoms with Gasteiger partial charge in [-0.1, -0.05) is 52.8 Å². The number of tetrazole rings is 1. The number of aromatic nitrogens is 5. The zero-order valence-corrected chi connectivity index (χ0v) is 15.8. The summed E-state index contributed by atoms with van der Waals surface area (Å²) in [5.41, 5.74) is 2.47. The number of rotatable bonds is 6. The van der Waals surface area contributed by atoms with Gasteiger partial charge in [0.15, 0.2) is 0 Å². The van der Waals surface area contributed by atoms with Gasteiger partial charge in [0.1, 0.15) is 22.9 Å². The zero-order chi connectivity index (χ0) is 18.6. The van der Waals surface area contributed by atoms with E-state index in [9.17, 15) is 0 Å². The molecule has 4 aromatic rings. The number of thioether (sulfide) groups is 1. The molecule has 0 aliphatic rings. The third-order valence-electron chi connectivity index (χ3n) is 3.80. The highest BCUT2D eigenvalue weighted by Gasteiger charge is 2.14. The van der Waals surface area contributed by atoms with E-state index in [1.165, 1.54) is 11.8 Å². The molecule has 0 radical (unpaired) electrons. The summed E-state index contributed by atoms with van der Waals surface area (Å²) < 4.78 is 12.5. The van der Waals surface area contributed by atoms with Gasteiger partial charge in [-0.25, -0.2) is 0 Å². The molecule has 0 fully saturated rings. The number of para-hydroxylation sites is 2. The molecule has 7 nitrogen and oxygen atoms in total. The fourth-order valence-electron chi connectivity index (χ4n) is 2.50. The van der Waals surface area contributed by atoms with E-state index in [-0.39, 0.29) is 0 Å². The van der Waals surface area contributed by atoms with Gasteiger partial charge in [-0.3, -0.25) is 0 Å². The minimum atomic E-state index is 0.538. The average molecular weight is 400 g/mol. The van der Waals surface area contributed by atoms with Crippen molar-refractivity contribution < 1.29 is 9.26 Å². The van der Waals surface area contributed by atoms with Crippen LogP contribution in [0.1, 0.15) is 5.76 Å². The third kappa shape index (κ3) is 3.81. The largest absolute Gasteiger partial charge is 0.494 e. The molecule has 2 heterocycles. The van der Waals surface area contributed by atoms with Gasteiger partial charge in [0, 0.05) is 16.7 Å². The molecule has 0 N–H and O–H groups in total. The lowest BCUT2D eigenvalue weighted by Gasteiger charge is -2.08. The van der Waals surface area contributed by atoms with Crippen molar-refractivity contribution >= 4 is 23.4 Å². The van der Waals surface area contributed by atoms with Crippen LogP contribution < -0.4 is 4.74 Å². The van der Waals surface area contributed by atoms with Crippen molar-refractivity contribution in [1.29, 1.82) is 0 Å². The van der Waals surface area contributed by atoms with Crippen LogP contribution in [0.2, 0.25) is 5.02 Å². The standard InChI is InChI=1S/C18H14ClN5O2S/c1-25-17-5-3-2-4-16(17)24-18(20-22-23-24)27-11-14-10-15(21-26-14)12-6-8-13(19)9-7-12/h2-10H,11H2,1H3. The van der Waals surface area contributed by atoms with Crippen LogP contribution in [0.25, 0.3) is 16.9 Å². The number of ether oxygens (including phenoxy) is 1. The van der Waals surface area contributed by atoms with Crippen molar-refractivity contribution in [2.24, 2.45) is 0 Å². The lowest BCUT2D eigenvalue weighted by atomic mass is 10.1. The monoisotopic (exact) mass is 399 g/mol. The number of nitrogens with zero attached hydrogens (tertiary/aromatic N) is 5. The van der Waals surface area contributed by atoms with Crippen molar-refractivity contribution in [1.82, 2.24) is 25.4 Å². The normalized spacial score (nSPS) is 10.9. The molecule has 0 atom stereocenters. The van der Waals surface area contributed by atoms with Gasteiger partial charge in [0.2, 0.25) is 5.16 Å². The lowest BCUT2D eigenvalue weighted by molar-refractivity contribution is 0.397.